The molecule has 0 unspecified atom stereocenters. The van der Waals surface area contributed by atoms with E-state index in [0.29, 0.717) is 0 Å². The van der Waals surface area contributed by atoms with Crippen molar-refractivity contribution in [1.29, 1.82) is 0 Å². The number of hydrogen-bond acceptors (Lipinski definition) is 2. The molecule has 0 aliphatic carbocycles. The maximum Gasteiger partial charge on any atom is 0.0943 e. The van der Waals surface area contributed by atoms with Gasteiger partial charge in [-0.1, -0.05) is 12.1 Å². The van der Waals surface area contributed by atoms with Crippen LogP contribution in [0.25, 0.3) is 11.3 Å². The van der Waals surface area contributed by atoms with Crippen molar-refractivity contribution in [2.24, 2.45) is 7.05 Å². The number of hydrogen-bond donors (Lipinski definition) is 1. The van der Waals surface area contributed by atoms with Gasteiger partial charge in [-0.3, -0.25) is 4.68 Å². The Morgan fingerprint density at radius 3 is 2.64 bits per heavy atom. The maximum atomic E-state index is 5.91. The molecule has 0 aliphatic heterocycles. The van der Waals surface area contributed by atoms with Crippen molar-refractivity contribution in [1.82, 2.24) is 9.78 Å². The third-order valence-corrected chi connectivity index (χ3v) is 2.20. The quantitative estimate of drug-likeness (QED) is 0.694. The van der Waals surface area contributed by atoms with Crippen LogP contribution in [0.1, 0.15) is 5.56 Å². The Labute approximate surface area is 83.2 Å². The van der Waals surface area contributed by atoms with E-state index in [1.807, 2.05) is 44.4 Å². The molecule has 2 aromatic rings. The summed E-state index contributed by atoms with van der Waals surface area (Å²) in [7, 11) is 1.90. The van der Waals surface area contributed by atoms with Crippen molar-refractivity contribution in [3.05, 3.63) is 36.0 Å². The molecule has 3 nitrogen and oxygen atoms in total. The Kier molecular flexibility index (Phi) is 2.00. The Hall–Kier alpha value is -1.77. The van der Waals surface area contributed by atoms with Gasteiger partial charge in [0.15, 0.2) is 0 Å². The predicted octanol–water partition coefficient (Wildman–Crippen LogP) is 1.98. The van der Waals surface area contributed by atoms with E-state index in [-0.39, 0.29) is 0 Å². The average molecular weight is 187 g/mol. The molecule has 0 aliphatic rings. The van der Waals surface area contributed by atoms with Gasteiger partial charge >= 0.3 is 0 Å². The number of aryl methyl sites for hydroxylation is 2. The summed E-state index contributed by atoms with van der Waals surface area (Å²) in [5.41, 5.74) is 9.78. The lowest BCUT2D eigenvalue weighted by Crippen LogP contribution is -1.93. The van der Waals surface area contributed by atoms with Crippen molar-refractivity contribution in [3.63, 3.8) is 0 Å². The summed E-state index contributed by atoms with van der Waals surface area (Å²) in [5, 5.41) is 4.31. The molecule has 0 fully saturated rings. The van der Waals surface area contributed by atoms with Gasteiger partial charge in [-0.2, -0.15) is 5.10 Å². The standard InChI is InChI=1S/C11H13N3/c1-8-3-4-9(10(12)7-8)11-5-6-14(2)13-11/h3-7H,12H2,1-2H3. The molecule has 3 heteroatoms. The van der Waals surface area contributed by atoms with E-state index in [0.717, 1.165) is 16.9 Å². The monoisotopic (exact) mass is 187 g/mol. The molecule has 0 radical (unpaired) electrons. The van der Waals surface area contributed by atoms with Gasteiger partial charge in [0.25, 0.3) is 0 Å². The summed E-state index contributed by atoms with van der Waals surface area (Å²) in [6, 6.07) is 7.97. The molecule has 0 atom stereocenters. The molecule has 0 saturated carbocycles. The first-order valence-electron chi connectivity index (χ1n) is 4.53. The highest BCUT2D eigenvalue weighted by Gasteiger charge is 2.04. The maximum absolute atomic E-state index is 5.91. The zero-order chi connectivity index (χ0) is 10.1. The minimum Gasteiger partial charge on any atom is -0.398 e. The zero-order valence-electron chi connectivity index (χ0n) is 8.36. The second kappa shape index (κ2) is 3.18. The van der Waals surface area contributed by atoms with Crippen LogP contribution < -0.4 is 5.73 Å². The molecule has 72 valence electrons. The molecule has 0 bridgehead atoms. The van der Waals surface area contributed by atoms with Crippen LogP contribution in [-0.2, 0) is 7.05 Å². The second-order valence-electron chi connectivity index (χ2n) is 3.47. The van der Waals surface area contributed by atoms with Crippen LogP contribution >= 0.6 is 0 Å². The Morgan fingerprint density at radius 2 is 2.07 bits per heavy atom. The summed E-state index contributed by atoms with van der Waals surface area (Å²) in [6.45, 7) is 2.03. The fourth-order valence-electron chi connectivity index (χ4n) is 1.47. The van der Waals surface area contributed by atoms with E-state index in [1.54, 1.807) is 4.68 Å². The fraction of sp³-hybridized carbons (Fsp3) is 0.182. The highest BCUT2D eigenvalue weighted by atomic mass is 15.2. The summed E-state index contributed by atoms with van der Waals surface area (Å²) in [4.78, 5) is 0. The number of benzene rings is 1. The number of nitrogens with two attached hydrogens (primary N) is 1. The zero-order valence-corrected chi connectivity index (χ0v) is 8.36. The summed E-state index contributed by atoms with van der Waals surface area (Å²) in [6.07, 6.45) is 1.91. The molecule has 0 saturated heterocycles. The fourth-order valence-corrected chi connectivity index (χ4v) is 1.47. The Bertz CT molecular complexity index is 457. The normalized spacial score (nSPS) is 10.4. The van der Waals surface area contributed by atoms with E-state index < -0.39 is 0 Å². The van der Waals surface area contributed by atoms with E-state index in [9.17, 15) is 0 Å². The summed E-state index contributed by atoms with van der Waals surface area (Å²) in [5.74, 6) is 0. The third-order valence-electron chi connectivity index (χ3n) is 2.20. The number of nitrogen functional groups attached to an aromatic ring is 1. The van der Waals surface area contributed by atoms with E-state index >= 15 is 0 Å². The smallest absolute Gasteiger partial charge is 0.0943 e. The highest BCUT2D eigenvalue weighted by molar-refractivity contribution is 5.73. The summed E-state index contributed by atoms with van der Waals surface area (Å²) < 4.78 is 1.77. The Balaban J connectivity index is 2.52. The number of aromatic nitrogens is 2. The van der Waals surface area contributed by atoms with Crippen LogP contribution in [0.3, 0.4) is 0 Å². The molecule has 2 N–H and O–H groups in total. The van der Waals surface area contributed by atoms with Crippen LogP contribution in [-0.4, -0.2) is 9.78 Å². The molecule has 0 amide bonds. The number of anilines is 1. The molecular formula is C11H13N3. The lowest BCUT2D eigenvalue weighted by atomic mass is 10.1. The SMILES string of the molecule is Cc1ccc(-c2ccn(C)n2)c(N)c1. The molecule has 0 spiro atoms. The molecule has 1 heterocycles. The molecule has 14 heavy (non-hydrogen) atoms. The van der Waals surface area contributed by atoms with Gasteiger partial charge in [-0.15, -0.1) is 0 Å². The highest BCUT2D eigenvalue weighted by Crippen LogP contribution is 2.24. The van der Waals surface area contributed by atoms with Crippen LogP contribution in [0.4, 0.5) is 5.69 Å². The van der Waals surface area contributed by atoms with Crippen LogP contribution in [0.2, 0.25) is 0 Å². The van der Waals surface area contributed by atoms with Gasteiger partial charge in [-0.05, 0) is 24.6 Å². The third kappa shape index (κ3) is 1.48. The van der Waals surface area contributed by atoms with Crippen LogP contribution in [0.5, 0.6) is 0 Å². The van der Waals surface area contributed by atoms with Gasteiger partial charge in [0, 0.05) is 24.5 Å². The number of rotatable bonds is 1. The van der Waals surface area contributed by atoms with Gasteiger partial charge in [0.1, 0.15) is 0 Å². The average Bonchev–Trinajstić information content (AvgIpc) is 2.51. The topological polar surface area (TPSA) is 43.8 Å². The lowest BCUT2D eigenvalue weighted by Gasteiger charge is -2.03. The lowest BCUT2D eigenvalue weighted by molar-refractivity contribution is 0.771. The van der Waals surface area contributed by atoms with Gasteiger partial charge in [0.05, 0.1) is 5.69 Å². The van der Waals surface area contributed by atoms with Crippen molar-refractivity contribution < 1.29 is 0 Å². The number of nitrogens with zero attached hydrogens (tertiary/aromatic N) is 2. The van der Waals surface area contributed by atoms with Crippen molar-refractivity contribution in [2.45, 2.75) is 6.92 Å². The van der Waals surface area contributed by atoms with E-state index in [4.69, 9.17) is 5.73 Å². The van der Waals surface area contributed by atoms with E-state index in [1.165, 1.54) is 5.56 Å². The molecule has 1 aromatic heterocycles. The predicted molar refractivity (Wildman–Crippen MR) is 57.8 cm³/mol. The first-order chi connectivity index (χ1) is 6.66. The van der Waals surface area contributed by atoms with Crippen molar-refractivity contribution >= 4 is 5.69 Å². The molecular weight excluding hydrogens is 174 g/mol. The largest absolute Gasteiger partial charge is 0.398 e. The first kappa shape index (κ1) is 8.81. The Morgan fingerprint density at radius 1 is 1.29 bits per heavy atom. The van der Waals surface area contributed by atoms with Crippen LogP contribution in [0, 0.1) is 6.92 Å². The second-order valence-corrected chi connectivity index (χ2v) is 3.47. The minimum absolute atomic E-state index is 0.781. The van der Waals surface area contributed by atoms with Crippen molar-refractivity contribution in [2.75, 3.05) is 5.73 Å². The van der Waals surface area contributed by atoms with Gasteiger partial charge in [0.2, 0.25) is 0 Å². The first-order valence-corrected chi connectivity index (χ1v) is 4.53. The summed E-state index contributed by atoms with van der Waals surface area (Å²) >= 11 is 0. The molecule has 2 rings (SSSR count). The van der Waals surface area contributed by atoms with E-state index in [2.05, 4.69) is 5.10 Å². The molecule has 1 aromatic carbocycles. The van der Waals surface area contributed by atoms with Crippen LogP contribution in [0.15, 0.2) is 30.5 Å². The van der Waals surface area contributed by atoms with Gasteiger partial charge < -0.3 is 5.73 Å². The minimum atomic E-state index is 0.781. The van der Waals surface area contributed by atoms with Crippen molar-refractivity contribution in [3.8, 4) is 11.3 Å². The van der Waals surface area contributed by atoms with Gasteiger partial charge in [-0.25, -0.2) is 0 Å².